The van der Waals surface area contributed by atoms with E-state index in [2.05, 4.69) is 39.5 Å². The van der Waals surface area contributed by atoms with Gasteiger partial charge in [-0.2, -0.15) is 0 Å². The number of nitrogens with zero attached hydrogens (tertiary/aromatic N) is 4. The summed E-state index contributed by atoms with van der Waals surface area (Å²) in [4.78, 5) is 23.9. The van der Waals surface area contributed by atoms with Gasteiger partial charge in [0.05, 0.1) is 35.3 Å². The number of rotatable bonds is 6. The van der Waals surface area contributed by atoms with Crippen molar-refractivity contribution in [2.24, 2.45) is 0 Å². The second-order valence-electron chi connectivity index (χ2n) is 8.13. The van der Waals surface area contributed by atoms with Crippen LogP contribution in [-0.2, 0) is 16.6 Å². The van der Waals surface area contributed by atoms with Gasteiger partial charge in [0.15, 0.2) is 0 Å². The molecule has 9 heteroatoms. The van der Waals surface area contributed by atoms with E-state index in [1.807, 2.05) is 18.2 Å². The molecule has 0 bridgehead atoms. The van der Waals surface area contributed by atoms with Crippen LogP contribution in [0, 0.1) is 0 Å². The summed E-state index contributed by atoms with van der Waals surface area (Å²) >= 11 is 0. The Morgan fingerprint density at radius 2 is 1.88 bits per heavy atom. The molecule has 1 aromatic carbocycles. The van der Waals surface area contributed by atoms with E-state index in [9.17, 15) is 13.2 Å². The Labute approximate surface area is 192 Å². The summed E-state index contributed by atoms with van der Waals surface area (Å²) < 4.78 is 24.2. The quantitative estimate of drug-likeness (QED) is 0.474. The van der Waals surface area contributed by atoms with Crippen LogP contribution in [0.4, 0.5) is 5.69 Å². The zero-order valence-electron chi connectivity index (χ0n) is 18.1. The van der Waals surface area contributed by atoms with Crippen LogP contribution in [0.15, 0.2) is 67.1 Å². The van der Waals surface area contributed by atoms with Gasteiger partial charge in [0.1, 0.15) is 0 Å². The molecule has 0 unspecified atom stereocenters. The van der Waals surface area contributed by atoms with Crippen LogP contribution in [0.25, 0.3) is 22.2 Å². The van der Waals surface area contributed by atoms with E-state index in [0.29, 0.717) is 5.69 Å². The smallest absolute Gasteiger partial charge is 0.253 e. The van der Waals surface area contributed by atoms with Gasteiger partial charge in [-0.15, -0.1) is 0 Å². The maximum absolute atomic E-state index is 12.4. The summed E-state index contributed by atoms with van der Waals surface area (Å²) in [7, 11) is -3.43. The predicted octanol–water partition coefficient (Wildman–Crippen LogP) is 3.05. The standard InChI is InChI=1S/C24H23N5O3S/c1-33(31,32)29-12-9-19(16-29)24(30)26-15-20-13-23-18(14-25-20)5-8-22(27-23)17-3-6-21(7-4-17)28-10-2-11-28/h3-9,12-14,16H,2,10-11,15H2,1H3,(H,26,30). The SMILES string of the molecule is CS(=O)(=O)n1ccc(C(=O)NCc2cc3nc(-c4ccc(N5CCC5)cc4)ccc3cn2)c1. The number of aromatic nitrogens is 3. The number of anilines is 1. The first-order valence-corrected chi connectivity index (χ1v) is 12.5. The van der Waals surface area contributed by atoms with Crippen LogP contribution in [0.3, 0.4) is 0 Å². The van der Waals surface area contributed by atoms with E-state index in [4.69, 9.17) is 4.98 Å². The van der Waals surface area contributed by atoms with Crippen LogP contribution < -0.4 is 10.2 Å². The van der Waals surface area contributed by atoms with Gasteiger partial charge in [-0.05, 0) is 42.8 Å². The second kappa shape index (κ2) is 8.32. The lowest BCUT2D eigenvalue weighted by Crippen LogP contribution is -2.36. The number of hydrogen-bond acceptors (Lipinski definition) is 6. The number of benzene rings is 1. The van der Waals surface area contributed by atoms with Gasteiger partial charge in [-0.25, -0.2) is 13.4 Å². The highest BCUT2D eigenvalue weighted by molar-refractivity contribution is 7.89. The van der Waals surface area contributed by atoms with Crippen molar-refractivity contribution in [3.63, 3.8) is 0 Å². The topological polar surface area (TPSA) is 97.2 Å². The molecule has 3 aromatic heterocycles. The third-order valence-electron chi connectivity index (χ3n) is 5.76. The first-order chi connectivity index (χ1) is 15.9. The van der Waals surface area contributed by atoms with Crippen molar-refractivity contribution in [2.75, 3.05) is 24.2 Å². The molecule has 8 nitrogen and oxygen atoms in total. The van der Waals surface area contributed by atoms with Crippen molar-refractivity contribution in [3.05, 3.63) is 78.4 Å². The molecule has 0 radical (unpaired) electrons. The fourth-order valence-electron chi connectivity index (χ4n) is 3.72. The molecule has 1 N–H and O–H groups in total. The van der Waals surface area contributed by atoms with Gasteiger partial charge >= 0.3 is 0 Å². The molecule has 33 heavy (non-hydrogen) atoms. The first kappa shape index (κ1) is 21.1. The highest BCUT2D eigenvalue weighted by Gasteiger charge is 2.14. The normalized spacial score (nSPS) is 13.7. The van der Waals surface area contributed by atoms with Crippen LogP contribution in [0.2, 0.25) is 0 Å². The highest BCUT2D eigenvalue weighted by Crippen LogP contribution is 2.26. The van der Waals surface area contributed by atoms with Gasteiger partial charge in [-0.1, -0.05) is 12.1 Å². The monoisotopic (exact) mass is 461 g/mol. The van der Waals surface area contributed by atoms with Crippen molar-refractivity contribution in [3.8, 4) is 11.3 Å². The second-order valence-corrected chi connectivity index (χ2v) is 10.0. The molecule has 0 atom stereocenters. The number of carbonyl (C=O) groups excluding carboxylic acids is 1. The minimum atomic E-state index is -3.43. The fraction of sp³-hybridized carbons (Fsp3) is 0.208. The molecule has 168 valence electrons. The maximum Gasteiger partial charge on any atom is 0.253 e. The van der Waals surface area contributed by atoms with Gasteiger partial charge in [0.2, 0.25) is 10.0 Å². The lowest BCUT2D eigenvalue weighted by molar-refractivity contribution is 0.0950. The first-order valence-electron chi connectivity index (χ1n) is 10.6. The highest BCUT2D eigenvalue weighted by atomic mass is 32.2. The number of pyridine rings is 2. The van der Waals surface area contributed by atoms with Crippen molar-refractivity contribution in [1.29, 1.82) is 0 Å². The minimum Gasteiger partial charge on any atom is -0.371 e. The van der Waals surface area contributed by atoms with E-state index in [1.165, 1.54) is 30.6 Å². The Hall–Kier alpha value is -3.72. The average molecular weight is 462 g/mol. The minimum absolute atomic E-state index is 0.204. The molecule has 4 heterocycles. The Morgan fingerprint density at radius 1 is 1.09 bits per heavy atom. The van der Waals surface area contributed by atoms with Crippen LogP contribution >= 0.6 is 0 Å². The Bertz CT molecular complexity index is 1440. The van der Waals surface area contributed by atoms with E-state index in [-0.39, 0.29) is 18.0 Å². The van der Waals surface area contributed by atoms with Crippen molar-refractivity contribution in [2.45, 2.75) is 13.0 Å². The predicted molar refractivity (Wildman–Crippen MR) is 128 cm³/mol. The van der Waals surface area contributed by atoms with E-state index >= 15 is 0 Å². The Kier molecular flexibility index (Phi) is 5.33. The molecular weight excluding hydrogens is 438 g/mol. The third kappa shape index (κ3) is 4.45. The molecule has 1 aliphatic heterocycles. The summed E-state index contributed by atoms with van der Waals surface area (Å²) in [6, 6.07) is 15.7. The number of amides is 1. The van der Waals surface area contributed by atoms with Crippen molar-refractivity contribution >= 4 is 32.5 Å². The Balaban J connectivity index is 1.31. The molecule has 0 saturated carbocycles. The molecule has 5 rings (SSSR count). The third-order valence-corrected chi connectivity index (χ3v) is 6.75. The summed E-state index contributed by atoms with van der Waals surface area (Å²) in [5, 5.41) is 3.69. The van der Waals surface area contributed by atoms with E-state index < -0.39 is 10.0 Å². The number of carbonyl (C=O) groups is 1. The van der Waals surface area contributed by atoms with E-state index in [1.54, 1.807) is 6.20 Å². The van der Waals surface area contributed by atoms with E-state index in [0.717, 1.165) is 45.5 Å². The maximum atomic E-state index is 12.4. The number of hydrogen-bond donors (Lipinski definition) is 1. The van der Waals surface area contributed by atoms with Crippen LogP contribution in [-0.4, -0.2) is 47.6 Å². The van der Waals surface area contributed by atoms with Gasteiger partial charge in [-0.3, -0.25) is 13.8 Å². The largest absolute Gasteiger partial charge is 0.371 e. The zero-order valence-corrected chi connectivity index (χ0v) is 18.9. The van der Waals surface area contributed by atoms with Gasteiger partial charge in [0.25, 0.3) is 5.91 Å². The van der Waals surface area contributed by atoms with Gasteiger partial charge in [0, 0.05) is 48.3 Å². The number of nitrogens with one attached hydrogen (secondary N) is 1. The summed E-state index contributed by atoms with van der Waals surface area (Å²) in [5.74, 6) is -0.372. The number of fused-ring (bicyclic) bond motifs is 1. The van der Waals surface area contributed by atoms with Gasteiger partial charge < -0.3 is 10.2 Å². The fourth-order valence-corrected chi connectivity index (χ4v) is 4.31. The molecule has 0 spiro atoms. The van der Waals surface area contributed by atoms with Crippen LogP contribution in [0.1, 0.15) is 22.5 Å². The zero-order chi connectivity index (χ0) is 23.0. The lowest BCUT2D eigenvalue weighted by Gasteiger charge is -2.33. The summed E-state index contributed by atoms with van der Waals surface area (Å²) in [6.07, 6.45) is 6.70. The molecule has 4 aromatic rings. The molecule has 1 aliphatic rings. The lowest BCUT2D eigenvalue weighted by atomic mass is 10.1. The molecular formula is C24H23N5O3S. The van der Waals surface area contributed by atoms with Crippen molar-refractivity contribution in [1.82, 2.24) is 19.3 Å². The average Bonchev–Trinajstić information content (AvgIpc) is 3.27. The van der Waals surface area contributed by atoms with Crippen molar-refractivity contribution < 1.29 is 13.2 Å². The molecule has 1 saturated heterocycles. The Morgan fingerprint density at radius 3 is 2.55 bits per heavy atom. The molecule has 1 fully saturated rings. The van der Waals surface area contributed by atoms with Crippen LogP contribution in [0.5, 0.6) is 0 Å². The molecule has 1 amide bonds. The molecule has 0 aliphatic carbocycles. The summed E-state index contributed by atoms with van der Waals surface area (Å²) in [5.41, 5.74) is 4.88. The summed E-state index contributed by atoms with van der Waals surface area (Å²) in [6.45, 7) is 2.43.